The van der Waals surface area contributed by atoms with E-state index in [1.807, 2.05) is 0 Å². The fraction of sp³-hybridized carbons (Fsp3) is 0.625. The van der Waals surface area contributed by atoms with Crippen LogP contribution >= 0.6 is 7.92 Å². The van der Waals surface area contributed by atoms with Crippen LogP contribution in [0.3, 0.4) is 0 Å². The Balaban J connectivity index is 2.31. The van der Waals surface area contributed by atoms with Crippen molar-refractivity contribution < 1.29 is 0 Å². The van der Waals surface area contributed by atoms with Gasteiger partial charge in [-0.1, -0.05) is 36.3 Å². The first kappa shape index (κ1) is 13.1. The lowest BCUT2D eigenvalue weighted by Gasteiger charge is -2.36. The number of rotatable bonds is 1. The summed E-state index contributed by atoms with van der Waals surface area (Å²) in [6.07, 6.45) is 7.57. The van der Waals surface area contributed by atoms with Crippen LogP contribution in [0.5, 0.6) is 0 Å². The van der Waals surface area contributed by atoms with Gasteiger partial charge in [0.25, 0.3) is 0 Å². The monoisotopic (exact) mass is 248 g/mol. The number of allylic oxidation sites excluding steroid dienone is 5. The highest BCUT2D eigenvalue weighted by molar-refractivity contribution is 7.59. The van der Waals surface area contributed by atoms with Crippen LogP contribution in [0.2, 0.25) is 0 Å². The highest BCUT2D eigenvalue weighted by Crippen LogP contribution is 2.56. The minimum Gasteiger partial charge on any atom is -0.103 e. The van der Waals surface area contributed by atoms with E-state index in [2.05, 4.69) is 40.3 Å². The van der Waals surface area contributed by atoms with E-state index in [4.69, 9.17) is 0 Å². The Kier molecular flexibility index (Phi) is 3.93. The minimum atomic E-state index is 0.163. The van der Waals surface area contributed by atoms with Crippen LogP contribution < -0.4 is 0 Å². The first-order valence-corrected chi connectivity index (χ1v) is 8.48. The minimum absolute atomic E-state index is 0.163. The summed E-state index contributed by atoms with van der Waals surface area (Å²) in [4.78, 5) is 0. The van der Waals surface area contributed by atoms with Gasteiger partial charge in [-0.3, -0.25) is 0 Å². The number of hydrogen-bond acceptors (Lipinski definition) is 0. The molecule has 17 heavy (non-hydrogen) atoms. The topological polar surface area (TPSA) is 0 Å². The maximum atomic E-state index is 4.09. The smallest absolute Gasteiger partial charge is 0.0100 e. The molecule has 0 radical (unpaired) electrons. The molecule has 2 rings (SSSR count). The van der Waals surface area contributed by atoms with Crippen LogP contribution in [-0.4, -0.2) is 18.0 Å². The Morgan fingerprint density at radius 3 is 2.00 bits per heavy atom. The largest absolute Gasteiger partial charge is 0.103 e. The molecular formula is C16H25P. The van der Waals surface area contributed by atoms with Gasteiger partial charge in [-0.15, -0.1) is 6.58 Å². The Morgan fingerprint density at radius 1 is 0.941 bits per heavy atom. The van der Waals surface area contributed by atoms with Crippen molar-refractivity contribution in [2.45, 2.75) is 46.2 Å². The van der Waals surface area contributed by atoms with Gasteiger partial charge in [-0.25, -0.2) is 0 Å². The molecule has 3 atom stereocenters. The maximum absolute atomic E-state index is 4.09. The summed E-state index contributed by atoms with van der Waals surface area (Å²) in [5, 5.41) is 0. The second kappa shape index (κ2) is 5.11. The summed E-state index contributed by atoms with van der Waals surface area (Å²) in [6, 6.07) is 0. The van der Waals surface area contributed by atoms with Crippen molar-refractivity contribution >= 4 is 7.92 Å². The molecule has 0 aromatic heterocycles. The van der Waals surface area contributed by atoms with Crippen LogP contribution in [0.1, 0.15) is 40.5 Å². The molecular weight excluding hydrogens is 223 g/mol. The summed E-state index contributed by atoms with van der Waals surface area (Å²) in [7, 11) is 0.163. The zero-order valence-electron chi connectivity index (χ0n) is 11.7. The molecule has 0 nitrogen and oxygen atoms in total. The molecule has 3 unspecified atom stereocenters. The van der Waals surface area contributed by atoms with E-state index >= 15 is 0 Å². The molecule has 0 amide bonds. The molecule has 0 N–H and O–H groups in total. The predicted molar refractivity (Wildman–Crippen MR) is 80.1 cm³/mol. The van der Waals surface area contributed by atoms with Gasteiger partial charge in [0.2, 0.25) is 0 Å². The van der Waals surface area contributed by atoms with Gasteiger partial charge in [-0.05, 0) is 64.4 Å². The SMILES string of the molecule is C=CC1CC(C)=C(C)CP2CC(C)=C(C)CC12. The quantitative estimate of drug-likeness (QED) is 0.446. The first-order chi connectivity index (χ1) is 8.02. The van der Waals surface area contributed by atoms with Crippen molar-refractivity contribution in [2.24, 2.45) is 5.92 Å². The van der Waals surface area contributed by atoms with E-state index < -0.39 is 0 Å². The molecule has 0 aromatic rings. The van der Waals surface area contributed by atoms with E-state index in [9.17, 15) is 0 Å². The summed E-state index contributed by atoms with van der Waals surface area (Å²) in [5.74, 6) is 0.724. The van der Waals surface area contributed by atoms with E-state index in [0.717, 1.165) is 11.6 Å². The van der Waals surface area contributed by atoms with E-state index in [1.54, 1.807) is 22.3 Å². The highest BCUT2D eigenvalue weighted by atomic mass is 31.1. The van der Waals surface area contributed by atoms with Crippen molar-refractivity contribution in [1.29, 1.82) is 0 Å². The second-order valence-electron chi connectivity index (χ2n) is 5.90. The van der Waals surface area contributed by atoms with E-state index in [0.29, 0.717) is 0 Å². The van der Waals surface area contributed by atoms with Gasteiger partial charge in [0.1, 0.15) is 0 Å². The van der Waals surface area contributed by atoms with E-state index in [-0.39, 0.29) is 7.92 Å². The molecule has 0 spiro atoms. The van der Waals surface area contributed by atoms with Crippen molar-refractivity contribution in [1.82, 2.24) is 0 Å². The number of fused-ring (bicyclic) bond motifs is 1. The molecule has 2 heterocycles. The molecule has 2 aliphatic heterocycles. The third kappa shape index (κ3) is 2.58. The normalized spacial score (nSPS) is 34.5. The van der Waals surface area contributed by atoms with Crippen LogP contribution in [0.4, 0.5) is 0 Å². The molecule has 0 aliphatic carbocycles. The average molecular weight is 248 g/mol. The van der Waals surface area contributed by atoms with Crippen LogP contribution in [-0.2, 0) is 0 Å². The van der Waals surface area contributed by atoms with Crippen LogP contribution in [0, 0.1) is 5.92 Å². The van der Waals surface area contributed by atoms with Gasteiger partial charge >= 0.3 is 0 Å². The van der Waals surface area contributed by atoms with Crippen molar-refractivity contribution in [3.63, 3.8) is 0 Å². The predicted octanol–water partition coefficient (Wildman–Crippen LogP) is 5.12. The third-order valence-electron chi connectivity index (χ3n) is 4.66. The van der Waals surface area contributed by atoms with Gasteiger partial charge in [0, 0.05) is 0 Å². The lowest BCUT2D eigenvalue weighted by molar-refractivity contribution is 0.589. The fourth-order valence-corrected chi connectivity index (χ4v) is 6.75. The lowest BCUT2D eigenvalue weighted by atomic mass is 9.91. The first-order valence-electron chi connectivity index (χ1n) is 6.70. The molecule has 2 aliphatic rings. The molecule has 0 fully saturated rings. The molecule has 94 valence electrons. The van der Waals surface area contributed by atoms with E-state index in [1.165, 1.54) is 25.2 Å². The lowest BCUT2D eigenvalue weighted by Crippen LogP contribution is -2.23. The third-order valence-corrected chi connectivity index (χ3v) is 7.93. The Bertz CT molecular complexity index is 386. The maximum Gasteiger partial charge on any atom is -0.0100 e. The molecule has 0 saturated carbocycles. The molecule has 0 aromatic carbocycles. The van der Waals surface area contributed by atoms with Gasteiger partial charge < -0.3 is 0 Å². The van der Waals surface area contributed by atoms with Crippen LogP contribution in [0.15, 0.2) is 34.9 Å². The Labute approximate surface area is 108 Å². The Morgan fingerprint density at radius 2 is 1.47 bits per heavy atom. The zero-order chi connectivity index (χ0) is 12.6. The summed E-state index contributed by atoms with van der Waals surface area (Å²) >= 11 is 0. The van der Waals surface area contributed by atoms with Gasteiger partial charge in [-0.2, -0.15) is 0 Å². The standard InChI is InChI=1S/C16H25P/c1-6-15-7-11(2)13(4)9-17-10-14(5)12(3)8-16(15)17/h6,15-16H,1,7-10H2,2-5H3. The molecule has 1 heteroatoms. The van der Waals surface area contributed by atoms with Crippen LogP contribution in [0.25, 0.3) is 0 Å². The van der Waals surface area contributed by atoms with Crippen molar-refractivity contribution in [3.05, 3.63) is 34.9 Å². The highest BCUT2D eigenvalue weighted by Gasteiger charge is 2.33. The van der Waals surface area contributed by atoms with Crippen molar-refractivity contribution in [2.75, 3.05) is 12.3 Å². The summed E-state index contributed by atoms with van der Waals surface area (Å²) < 4.78 is 0. The zero-order valence-corrected chi connectivity index (χ0v) is 12.6. The Hall–Kier alpha value is -0.350. The summed E-state index contributed by atoms with van der Waals surface area (Å²) in [5.41, 5.74) is 7.51. The number of hydrogen-bond donors (Lipinski definition) is 0. The van der Waals surface area contributed by atoms with Gasteiger partial charge in [0.05, 0.1) is 0 Å². The second-order valence-corrected chi connectivity index (χ2v) is 8.37. The summed E-state index contributed by atoms with van der Waals surface area (Å²) in [6.45, 7) is 13.4. The average Bonchev–Trinajstić information content (AvgIpc) is 2.40. The molecule has 0 saturated heterocycles. The van der Waals surface area contributed by atoms with Gasteiger partial charge in [0.15, 0.2) is 0 Å². The van der Waals surface area contributed by atoms with Crippen molar-refractivity contribution in [3.8, 4) is 0 Å². The fourth-order valence-electron chi connectivity index (χ4n) is 3.11. The molecule has 0 bridgehead atoms.